The summed E-state index contributed by atoms with van der Waals surface area (Å²) in [6.07, 6.45) is 2.37. The van der Waals surface area contributed by atoms with Crippen LogP contribution >= 0.6 is 15.9 Å². The maximum atomic E-state index is 5.41. The molecule has 1 atom stereocenters. The van der Waals surface area contributed by atoms with E-state index in [-0.39, 0.29) is 0 Å². The van der Waals surface area contributed by atoms with Crippen molar-refractivity contribution in [1.82, 2.24) is 5.32 Å². The van der Waals surface area contributed by atoms with Gasteiger partial charge < -0.3 is 14.8 Å². The molecule has 1 aromatic carbocycles. The highest BCUT2D eigenvalue weighted by Gasteiger charge is 2.21. The number of hydrogen-bond donors (Lipinski definition) is 1. The third kappa shape index (κ3) is 2.18. The largest absolute Gasteiger partial charge is 0.496 e. The van der Waals surface area contributed by atoms with Crippen molar-refractivity contribution in [3.8, 4) is 11.5 Å². The molecule has 1 saturated heterocycles. The predicted molar refractivity (Wildman–Crippen MR) is 67.2 cm³/mol. The summed E-state index contributed by atoms with van der Waals surface area (Å²) in [5.74, 6) is 1.76. The molecule has 88 valence electrons. The van der Waals surface area contributed by atoms with Crippen molar-refractivity contribution < 1.29 is 9.47 Å². The van der Waals surface area contributed by atoms with Crippen LogP contribution in [0.3, 0.4) is 0 Å². The summed E-state index contributed by atoms with van der Waals surface area (Å²) in [7, 11) is 3.38. The summed E-state index contributed by atoms with van der Waals surface area (Å²) < 4.78 is 11.7. The van der Waals surface area contributed by atoms with Gasteiger partial charge in [0.05, 0.1) is 18.7 Å². The van der Waals surface area contributed by atoms with Crippen LogP contribution in [0, 0.1) is 0 Å². The van der Waals surface area contributed by atoms with Crippen LogP contribution in [0.4, 0.5) is 0 Å². The quantitative estimate of drug-likeness (QED) is 0.926. The Balaban J connectivity index is 2.40. The first-order valence-electron chi connectivity index (χ1n) is 5.41. The molecule has 1 aliphatic heterocycles. The van der Waals surface area contributed by atoms with Gasteiger partial charge in [-0.25, -0.2) is 0 Å². The summed E-state index contributed by atoms with van der Waals surface area (Å²) in [4.78, 5) is 0. The van der Waals surface area contributed by atoms with Crippen LogP contribution < -0.4 is 14.8 Å². The molecule has 0 aromatic heterocycles. The minimum Gasteiger partial charge on any atom is -0.496 e. The molecule has 1 aromatic rings. The van der Waals surface area contributed by atoms with Crippen molar-refractivity contribution in [3.05, 3.63) is 22.2 Å². The van der Waals surface area contributed by atoms with Crippen LogP contribution in [0.1, 0.15) is 24.4 Å². The lowest BCUT2D eigenvalue weighted by atomic mass is 10.0. The normalized spacial score (nSPS) is 19.8. The average molecular weight is 286 g/mol. The molecule has 1 fully saturated rings. The van der Waals surface area contributed by atoms with Crippen molar-refractivity contribution in [2.45, 2.75) is 18.9 Å². The van der Waals surface area contributed by atoms with E-state index < -0.39 is 0 Å². The molecule has 1 N–H and O–H groups in total. The Kier molecular flexibility index (Phi) is 3.71. The molecule has 0 spiro atoms. The van der Waals surface area contributed by atoms with E-state index in [1.165, 1.54) is 12.0 Å². The molecule has 0 saturated carbocycles. The Morgan fingerprint density at radius 1 is 1.25 bits per heavy atom. The summed E-state index contributed by atoms with van der Waals surface area (Å²) in [6, 6.07) is 4.40. The van der Waals surface area contributed by atoms with Gasteiger partial charge in [0.15, 0.2) is 0 Å². The number of halogens is 1. The highest BCUT2D eigenvalue weighted by molar-refractivity contribution is 9.10. The van der Waals surface area contributed by atoms with Crippen molar-refractivity contribution in [2.75, 3.05) is 20.8 Å². The Bertz CT molecular complexity index is 376. The highest BCUT2D eigenvalue weighted by Crippen LogP contribution is 2.38. The second-order valence-electron chi connectivity index (χ2n) is 3.88. The molecular weight excluding hydrogens is 270 g/mol. The van der Waals surface area contributed by atoms with Crippen LogP contribution in [-0.2, 0) is 0 Å². The molecule has 1 aliphatic rings. The van der Waals surface area contributed by atoms with Crippen molar-refractivity contribution >= 4 is 15.9 Å². The Hall–Kier alpha value is -0.740. The molecule has 1 unspecified atom stereocenters. The number of hydrogen-bond acceptors (Lipinski definition) is 3. The van der Waals surface area contributed by atoms with Crippen molar-refractivity contribution in [2.24, 2.45) is 0 Å². The number of methoxy groups -OCH3 is 2. The fourth-order valence-corrected chi connectivity index (χ4v) is 2.59. The average Bonchev–Trinajstić information content (AvgIpc) is 2.82. The van der Waals surface area contributed by atoms with E-state index in [2.05, 4.69) is 21.2 Å². The first-order valence-corrected chi connectivity index (χ1v) is 6.20. The maximum Gasteiger partial charge on any atom is 0.133 e. The monoisotopic (exact) mass is 285 g/mol. The lowest BCUT2D eigenvalue weighted by molar-refractivity contribution is 0.391. The summed E-state index contributed by atoms with van der Waals surface area (Å²) in [6.45, 7) is 1.08. The third-order valence-corrected chi connectivity index (χ3v) is 3.56. The number of nitrogens with one attached hydrogen (secondary N) is 1. The second-order valence-corrected chi connectivity index (χ2v) is 4.73. The van der Waals surface area contributed by atoms with E-state index in [9.17, 15) is 0 Å². The Labute approximate surface area is 104 Å². The standard InChI is InChI=1S/C12H16BrNO2/c1-15-11-7-9(13)12(16-2)6-8(11)10-4-3-5-14-10/h6-7,10,14H,3-5H2,1-2H3. The number of benzene rings is 1. The van der Waals surface area contributed by atoms with Gasteiger partial charge in [0.25, 0.3) is 0 Å². The zero-order valence-corrected chi connectivity index (χ0v) is 11.1. The summed E-state index contributed by atoms with van der Waals surface area (Å²) in [5.41, 5.74) is 1.18. The van der Waals surface area contributed by atoms with Gasteiger partial charge >= 0.3 is 0 Å². The van der Waals surface area contributed by atoms with Gasteiger partial charge in [-0.2, -0.15) is 0 Å². The first-order chi connectivity index (χ1) is 7.76. The molecule has 0 amide bonds. The van der Waals surface area contributed by atoms with Gasteiger partial charge in [-0.05, 0) is 47.4 Å². The van der Waals surface area contributed by atoms with Crippen molar-refractivity contribution in [1.29, 1.82) is 0 Å². The Morgan fingerprint density at radius 3 is 2.56 bits per heavy atom. The van der Waals surface area contributed by atoms with Gasteiger partial charge in [-0.3, -0.25) is 0 Å². The molecule has 3 nitrogen and oxygen atoms in total. The SMILES string of the molecule is COc1cc(C2CCCN2)c(OC)cc1Br. The van der Waals surface area contributed by atoms with Gasteiger partial charge in [-0.1, -0.05) is 0 Å². The fraction of sp³-hybridized carbons (Fsp3) is 0.500. The van der Waals surface area contributed by atoms with Crippen LogP contribution in [0.5, 0.6) is 11.5 Å². The summed E-state index contributed by atoms with van der Waals surface area (Å²) >= 11 is 3.47. The minimum absolute atomic E-state index is 0.386. The summed E-state index contributed by atoms with van der Waals surface area (Å²) in [5, 5.41) is 3.47. The number of ether oxygens (including phenoxy) is 2. The fourth-order valence-electron chi connectivity index (χ4n) is 2.11. The van der Waals surface area contributed by atoms with Gasteiger partial charge in [0, 0.05) is 11.6 Å². The molecule has 0 bridgehead atoms. The molecule has 0 radical (unpaired) electrons. The van der Waals surface area contributed by atoms with E-state index in [1.54, 1.807) is 14.2 Å². The van der Waals surface area contributed by atoms with E-state index in [0.29, 0.717) is 6.04 Å². The van der Waals surface area contributed by atoms with Gasteiger partial charge in [0.1, 0.15) is 11.5 Å². The van der Waals surface area contributed by atoms with Crippen LogP contribution in [0.15, 0.2) is 16.6 Å². The Morgan fingerprint density at radius 2 is 2.00 bits per heavy atom. The van der Waals surface area contributed by atoms with Crippen LogP contribution in [0.2, 0.25) is 0 Å². The zero-order valence-electron chi connectivity index (χ0n) is 9.55. The van der Waals surface area contributed by atoms with E-state index in [1.807, 2.05) is 12.1 Å². The second kappa shape index (κ2) is 5.06. The van der Waals surface area contributed by atoms with E-state index >= 15 is 0 Å². The molecular formula is C12H16BrNO2. The van der Waals surface area contributed by atoms with Gasteiger partial charge in [0.2, 0.25) is 0 Å². The van der Waals surface area contributed by atoms with E-state index in [0.717, 1.165) is 28.9 Å². The lowest BCUT2D eigenvalue weighted by Gasteiger charge is -2.17. The molecule has 0 aliphatic carbocycles. The van der Waals surface area contributed by atoms with Crippen molar-refractivity contribution in [3.63, 3.8) is 0 Å². The predicted octanol–water partition coefficient (Wildman–Crippen LogP) is 2.89. The van der Waals surface area contributed by atoms with Crippen LogP contribution in [-0.4, -0.2) is 20.8 Å². The topological polar surface area (TPSA) is 30.5 Å². The minimum atomic E-state index is 0.386. The zero-order chi connectivity index (χ0) is 11.5. The molecule has 1 heterocycles. The lowest BCUT2D eigenvalue weighted by Crippen LogP contribution is -2.14. The third-order valence-electron chi connectivity index (χ3n) is 2.94. The van der Waals surface area contributed by atoms with E-state index in [4.69, 9.17) is 9.47 Å². The van der Waals surface area contributed by atoms with Gasteiger partial charge in [-0.15, -0.1) is 0 Å². The first kappa shape index (κ1) is 11.7. The highest BCUT2D eigenvalue weighted by atomic mass is 79.9. The molecule has 4 heteroatoms. The maximum absolute atomic E-state index is 5.41. The van der Waals surface area contributed by atoms with Crippen LogP contribution in [0.25, 0.3) is 0 Å². The smallest absolute Gasteiger partial charge is 0.133 e. The number of rotatable bonds is 3. The molecule has 16 heavy (non-hydrogen) atoms. The molecule has 2 rings (SSSR count).